The van der Waals surface area contributed by atoms with Gasteiger partial charge in [0, 0.05) is 13.1 Å². The summed E-state index contributed by atoms with van der Waals surface area (Å²) in [5, 5.41) is 8.70. The molecule has 0 aliphatic heterocycles. The summed E-state index contributed by atoms with van der Waals surface area (Å²) in [4.78, 5) is 12.0. The van der Waals surface area contributed by atoms with Gasteiger partial charge in [-0.3, -0.25) is 0 Å². The van der Waals surface area contributed by atoms with Crippen molar-refractivity contribution in [2.75, 3.05) is 7.05 Å². The smallest absolute Gasteiger partial charge is 0.407 e. The highest BCUT2D eigenvalue weighted by atomic mass is 16.4. The summed E-state index contributed by atoms with van der Waals surface area (Å²) < 4.78 is 0. The zero-order valence-corrected chi connectivity index (χ0v) is 7.42. The Labute approximate surface area is 72.7 Å². The van der Waals surface area contributed by atoms with Gasteiger partial charge in [0.2, 0.25) is 0 Å². The average Bonchev–Trinajstić information content (AvgIpc) is 2.04. The summed E-state index contributed by atoms with van der Waals surface area (Å²) in [7, 11) is 1.64. The molecule has 0 aromatic rings. The molecule has 68 valence electrons. The molecule has 1 aliphatic carbocycles. The van der Waals surface area contributed by atoms with Crippen LogP contribution in [0, 0.1) is 0 Å². The van der Waals surface area contributed by atoms with E-state index in [4.69, 9.17) is 5.11 Å². The molecule has 1 N–H and O–H groups in total. The minimum Gasteiger partial charge on any atom is -0.465 e. The predicted molar refractivity (Wildman–Crippen MR) is 47.2 cm³/mol. The molecular formula is C9H15NO2. The third kappa shape index (κ3) is 2.00. The van der Waals surface area contributed by atoms with Crippen molar-refractivity contribution >= 4 is 6.09 Å². The molecule has 0 saturated heterocycles. The van der Waals surface area contributed by atoms with Gasteiger partial charge in [-0.1, -0.05) is 12.2 Å². The van der Waals surface area contributed by atoms with Crippen molar-refractivity contribution < 1.29 is 9.90 Å². The van der Waals surface area contributed by atoms with Crippen molar-refractivity contribution in [3.05, 3.63) is 12.2 Å². The van der Waals surface area contributed by atoms with Gasteiger partial charge in [0.1, 0.15) is 0 Å². The molecule has 12 heavy (non-hydrogen) atoms. The zero-order valence-electron chi connectivity index (χ0n) is 7.42. The lowest BCUT2D eigenvalue weighted by Crippen LogP contribution is -2.37. The van der Waals surface area contributed by atoms with Gasteiger partial charge in [0.15, 0.2) is 0 Å². The Bertz CT molecular complexity index is 191. The molecular weight excluding hydrogens is 154 g/mol. The number of carboxylic acid groups (broad SMARTS) is 1. The van der Waals surface area contributed by atoms with E-state index in [9.17, 15) is 4.79 Å². The van der Waals surface area contributed by atoms with Gasteiger partial charge in [-0.2, -0.15) is 0 Å². The Morgan fingerprint density at radius 2 is 2.08 bits per heavy atom. The number of hydrogen-bond acceptors (Lipinski definition) is 1. The van der Waals surface area contributed by atoms with Crippen molar-refractivity contribution in [1.29, 1.82) is 0 Å². The van der Waals surface area contributed by atoms with Crippen LogP contribution in [0.1, 0.15) is 25.7 Å². The van der Waals surface area contributed by atoms with Gasteiger partial charge >= 0.3 is 6.09 Å². The predicted octanol–water partition coefficient (Wildman–Crippen LogP) is 2.10. The molecule has 0 bridgehead atoms. The molecule has 1 fully saturated rings. The standard InChI is InChI=1S/C9H15NO2/c1-7-3-5-8(6-4-7)10(2)9(11)12/h8H,1,3-6H2,2H3,(H,11,12). The van der Waals surface area contributed by atoms with Crippen LogP contribution in [0.25, 0.3) is 0 Å². The maximum atomic E-state index is 10.6. The van der Waals surface area contributed by atoms with Crippen molar-refractivity contribution in [3.63, 3.8) is 0 Å². The maximum Gasteiger partial charge on any atom is 0.407 e. The molecule has 0 spiro atoms. The third-order valence-electron chi connectivity index (χ3n) is 2.51. The molecule has 3 heteroatoms. The van der Waals surface area contributed by atoms with E-state index in [1.54, 1.807) is 7.05 Å². The van der Waals surface area contributed by atoms with E-state index >= 15 is 0 Å². The highest BCUT2D eigenvalue weighted by Gasteiger charge is 2.22. The summed E-state index contributed by atoms with van der Waals surface area (Å²) in [6, 6.07) is 0.202. The van der Waals surface area contributed by atoms with Crippen LogP contribution in [-0.4, -0.2) is 29.2 Å². The minimum absolute atomic E-state index is 0.202. The van der Waals surface area contributed by atoms with E-state index in [0.717, 1.165) is 25.7 Å². The van der Waals surface area contributed by atoms with Gasteiger partial charge < -0.3 is 10.0 Å². The number of amides is 1. The number of carbonyl (C=O) groups is 1. The van der Waals surface area contributed by atoms with E-state index in [1.807, 2.05) is 0 Å². The first kappa shape index (κ1) is 9.10. The van der Waals surface area contributed by atoms with Crippen molar-refractivity contribution in [3.8, 4) is 0 Å². The first-order chi connectivity index (χ1) is 5.61. The van der Waals surface area contributed by atoms with Crippen LogP contribution in [0.4, 0.5) is 4.79 Å². The fourth-order valence-electron chi connectivity index (χ4n) is 1.55. The second-order valence-electron chi connectivity index (χ2n) is 3.37. The van der Waals surface area contributed by atoms with Crippen LogP contribution in [0.15, 0.2) is 12.2 Å². The second kappa shape index (κ2) is 3.61. The fraction of sp³-hybridized carbons (Fsp3) is 0.667. The van der Waals surface area contributed by atoms with Gasteiger partial charge in [0.25, 0.3) is 0 Å². The summed E-state index contributed by atoms with van der Waals surface area (Å²) in [5.41, 5.74) is 1.25. The molecule has 0 aromatic carbocycles. The van der Waals surface area contributed by atoms with Gasteiger partial charge in [-0.25, -0.2) is 4.79 Å². The molecule has 0 radical (unpaired) electrons. The van der Waals surface area contributed by atoms with E-state index in [-0.39, 0.29) is 6.04 Å². The summed E-state index contributed by atoms with van der Waals surface area (Å²) >= 11 is 0. The van der Waals surface area contributed by atoms with Crippen molar-refractivity contribution in [2.45, 2.75) is 31.7 Å². The minimum atomic E-state index is -0.826. The number of hydrogen-bond donors (Lipinski definition) is 1. The van der Waals surface area contributed by atoms with Crippen LogP contribution < -0.4 is 0 Å². The monoisotopic (exact) mass is 169 g/mol. The van der Waals surface area contributed by atoms with E-state index in [2.05, 4.69) is 6.58 Å². The Kier molecular flexibility index (Phi) is 2.74. The lowest BCUT2D eigenvalue weighted by molar-refractivity contribution is 0.130. The molecule has 3 nitrogen and oxygen atoms in total. The Hall–Kier alpha value is -0.990. The maximum absolute atomic E-state index is 10.6. The molecule has 1 saturated carbocycles. The number of nitrogens with zero attached hydrogens (tertiary/aromatic N) is 1. The zero-order chi connectivity index (χ0) is 9.14. The average molecular weight is 169 g/mol. The van der Waals surface area contributed by atoms with Crippen LogP contribution in [0.5, 0.6) is 0 Å². The molecule has 1 aliphatic rings. The summed E-state index contributed by atoms with van der Waals surface area (Å²) in [5.74, 6) is 0. The van der Waals surface area contributed by atoms with Crippen molar-refractivity contribution in [2.24, 2.45) is 0 Å². The van der Waals surface area contributed by atoms with Crippen LogP contribution in [0.3, 0.4) is 0 Å². The number of rotatable bonds is 1. The molecule has 0 aromatic heterocycles. The van der Waals surface area contributed by atoms with Crippen LogP contribution >= 0.6 is 0 Å². The fourth-order valence-corrected chi connectivity index (χ4v) is 1.55. The Morgan fingerprint density at radius 3 is 2.50 bits per heavy atom. The first-order valence-corrected chi connectivity index (χ1v) is 4.23. The molecule has 0 heterocycles. The highest BCUT2D eigenvalue weighted by molar-refractivity contribution is 5.65. The normalized spacial score (nSPS) is 19.2. The van der Waals surface area contributed by atoms with Crippen LogP contribution in [-0.2, 0) is 0 Å². The quantitative estimate of drug-likeness (QED) is 0.610. The van der Waals surface area contributed by atoms with Crippen LogP contribution in [0.2, 0.25) is 0 Å². The second-order valence-corrected chi connectivity index (χ2v) is 3.37. The van der Waals surface area contributed by atoms with Gasteiger partial charge in [-0.15, -0.1) is 0 Å². The largest absolute Gasteiger partial charge is 0.465 e. The Balaban J connectivity index is 2.44. The highest BCUT2D eigenvalue weighted by Crippen LogP contribution is 2.24. The van der Waals surface area contributed by atoms with Crippen molar-refractivity contribution in [1.82, 2.24) is 4.90 Å². The molecule has 0 atom stereocenters. The Morgan fingerprint density at radius 1 is 1.58 bits per heavy atom. The molecule has 0 unspecified atom stereocenters. The summed E-state index contributed by atoms with van der Waals surface area (Å²) in [6.45, 7) is 3.89. The summed E-state index contributed by atoms with van der Waals surface area (Å²) in [6.07, 6.45) is 2.99. The van der Waals surface area contributed by atoms with E-state index in [0.29, 0.717) is 0 Å². The molecule has 1 amide bonds. The third-order valence-corrected chi connectivity index (χ3v) is 2.51. The lowest BCUT2D eigenvalue weighted by atomic mass is 9.91. The lowest BCUT2D eigenvalue weighted by Gasteiger charge is -2.29. The number of allylic oxidation sites excluding steroid dienone is 1. The van der Waals surface area contributed by atoms with E-state index < -0.39 is 6.09 Å². The van der Waals surface area contributed by atoms with E-state index in [1.165, 1.54) is 10.5 Å². The first-order valence-electron chi connectivity index (χ1n) is 4.23. The van der Waals surface area contributed by atoms with Gasteiger partial charge in [0.05, 0.1) is 0 Å². The van der Waals surface area contributed by atoms with Gasteiger partial charge in [-0.05, 0) is 25.7 Å². The molecule has 1 rings (SSSR count). The topological polar surface area (TPSA) is 40.5 Å². The SMILES string of the molecule is C=C1CCC(N(C)C(=O)O)CC1.